The highest BCUT2D eigenvalue weighted by molar-refractivity contribution is 5.82. The number of hydrogen-bond donors (Lipinski definition) is 0. The fraction of sp³-hybridized carbons (Fsp3) is 0.550. The highest BCUT2D eigenvalue weighted by Crippen LogP contribution is 2.19. The van der Waals surface area contributed by atoms with Crippen LogP contribution in [0.3, 0.4) is 0 Å². The van der Waals surface area contributed by atoms with Crippen LogP contribution in [0.5, 0.6) is 0 Å². The molecule has 2 heteroatoms. The Morgan fingerprint density at radius 2 is 1.86 bits per heavy atom. The molecule has 0 saturated carbocycles. The van der Waals surface area contributed by atoms with Crippen molar-refractivity contribution in [3.05, 3.63) is 42.5 Å². The van der Waals surface area contributed by atoms with Crippen LogP contribution >= 0.6 is 0 Å². The molecule has 1 aromatic rings. The summed E-state index contributed by atoms with van der Waals surface area (Å²) in [5.74, 6) is 0.725. The van der Waals surface area contributed by atoms with E-state index >= 15 is 0 Å². The SMILES string of the molecule is C=C(C)CCC[C@H](C)CCN(N=C(C)CC)c1ccccc1. The summed E-state index contributed by atoms with van der Waals surface area (Å²) >= 11 is 0. The van der Waals surface area contributed by atoms with E-state index in [2.05, 4.69) is 69.6 Å². The number of nitrogens with zero attached hydrogens (tertiary/aromatic N) is 2. The fourth-order valence-corrected chi connectivity index (χ4v) is 2.35. The van der Waals surface area contributed by atoms with Crippen molar-refractivity contribution in [2.24, 2.45) is 11.0 Å². The third-order valence-electron chi connectivity index (χ3n) is 3.99. The first kappa shape index (κ1) is 18.5. The van der Waals surface area contributed by atoms with Gasteiger partial charge < -0.3 is 0 Å². The molecule has 1 rings (SSSR count). The predicted octanol–water partition coefficient (Wildman–Crippen LogP) is 6.05. The number of hydrogen-bond acceptors (Lipinski definition) is 2. The van der Waals surface area contributed by atoms with E-state index in [-0.39, 0.29) is 0 Å². The van der Waals surface area contributed by atoms with E-state index in [1.807, 2.05) is 0 Å². The first-order valence-corrected chi connectivity index (χ1v) is 8.54. The van der Waals surface area contributed by atoms with Crippen molar-refractivity contribution in [2.45, 2.75) is 59.8 Å². The van der Waals surface area contributed by atoms with Crippen LogP contribution in [0.4, 0.5) is 5.69 Å². The Balaban J connectivity index is 2.56. The van der Waals surface area contributed by atoms with Gasteiger partial charge in [0.2, 0.25) is 0 Å². The zero-order valence-electron chi connectivity index (χ0n) is 14.8. The molecule has 0 N–H and O–H groups in total. The zero-order chi connectivity index (χ0) is 16.4. The van der Waals surface area contributed by atoms with Crippen LogP contribution in [0.25, 0.3) is 0 Å². The second-order valence-electron chi connectivity index (χ2n) is 6.39. The predicted molar refractivity (Wildman–Crippen MR) is 99.6 cm³/mol. The monoisotopic (exact) mass is 300 g/mol. The molecule has 0 spiro atoms. The van der Waals surface area contributed by atoms with Gasteiger partial charge in [0, 0.05) is 12.3 Å². The summed E-state index contributed by atoms with van der Waals surface area (Å²) in [6.07, 6.45) is 5.84. The second-order valence-corrected chi connectivity index (χ2v) is 6.39. The zero-order valence-corrected chi connectivity index (χ0v) is 14.8. The molecule has 0 radical (unpaired) electrons. The molecule has 1 aromatic carbocycles. The molecule has 0 heterocycles. The van der Waals surface area contributed by atoms with Gasteiger partial charge in [-0.15, -0.1) is 6.58 Å². The number of allylic oxidation sites excluding steroid dienone is 1. The van der Waals surface area contributed by atoms with E-state index in [0.717, 1.165) is 25.3 Å². The van der Waals surface area contributed by atoms with E-state index < -0.39 is 0 Å². The lowest BCUT2D eigenvalue weighted by molar-refractivity contribution is 0.473. The molecule has 2 nitrogen and oxygen atoms in total. The normalized spacial score (nSPS) is 13.0. The van der Waals surface area contributed by atoms with Crippen LogP contribution in [0, 0.1) is 5.92 Å². The van der Waals surface area contributed by atoms with Crippen LogP contribution in [0.15, 0.2) is 47.6 Å². The van der Waals surface area contributed by atoms with Crippen molar-refractivity contribution in [1.82, 2.24) is 0 Å². The molecular weight excluding hydrogens is 268 g/mol. The van der Waals surface area contributed by atoms with Gasteiger partial charge in [-0.1, -0.05) is 44.0 Å². The van der Waals surface area contributed by atoms with Crippen molar-refractivity contribution in [3.8, 4) is 0 Å². The molecule has 1 atom stereocenters. The van der Waals surface area contributed by atoms with E-state index in [0.29, 0.717) is 0 Å². The number of hydrazone groups is 1. The Hall–Kier alpha value is -1.57. The number of para-hydroxylation sites is 1. The van der Waals surface area contributed by atoms with Gasteiger partial charge in [-0.2, -0.15) is 5.10 Å². The minimum atomic E-state index is 0.725. The summed E-state index contributed by atoms with van der Waals surface area (Å²) in [7, 11) is 0. The highest BCUT2D eigenvalue weighted by atomic mass is 15.5. The fourth-order valence-electron chi connectivity index (χ4n) is 2.35. The summed E-state index contributed by atoms with van der Waals surface area (Å²) in [5.41, 5.74) is 3.66. The molecule has 0 unspecified atom stereocenters. The highest BCUT2D eigenvalue weighted by Gasteiger charge is 2.09. The Morgan fingerprint density at radius 3 is 2.45 bits per heavy atom. The molecule has 0 saturated heterocycles. The first-order valence-electron chi connectivity index (χ1n) is 8.54. The van der Waals surface area contributed by atoms with Crippen molar-refractivity contribution < 1.29 is 0 Å². The van der Waals surface area contributed by atoms with Gasteiger partial charge in [0.1, 0.15) is 0 Å². The average molecular weight is 300 g/mol. The van der Waals surface area contributed by atoms with Crippen LogP contribution < -0.4 is 5.01 Å². The van der Waals surface area contributed by atoms with Crippen LogP contribution in [0.1, 0.15) is 59.8 Å². The van der Waals surface area contributed by atoms with E-state index in [1.54, 1.807) is 0 Å². The van der Waals surface area contributed by atoms with E-state index in [1.165, 1.54) is 36.2 Å². The maximum Gasteiger partial charge on any atom is 0.0593 e. The first-order chi connectivity index (χ1) is 10.5. The molecular formula is C20H32N2. The van der Waals surface area contributed by atoms with Crippen LogP contribution in [0.2, 0.25) is 0 Å². The molecule has 0 amide bonds. The van der Waals surface area contributed by atoms with Gasteiger partial charge in [-0.3, -0.25) is 5.01 Å². The largest absolute Gasteiger partial charge is 0.266 e. The summed E-state index contributed by atoms with van der Waals surface area (Å²) in [5, 5.41) is 6.94. The Bertz CT molecular complexity index is 462. The summed E-state index contributed by atoms with van der Waals surface area (Å²) < 4.78 is 0. The molecule has 0 aliphatic rings. The van der Waals surface area contributed by atoms with Crippen LogP contribution in [-0.4, -0.2) is 12.3 Å². The molecule has 0 aromatic heterocycles. The van der Waals surface area contributed by atoms with Crippen LogP contribution in [-0.2, 0) is 0 Å². The lowest BCUT2D eigenvalue weighted by atomic mass is 9.99. The minimum absolute atomic E-state index is 0.725. The topological polar surface area (TPSA) is 15.6 Å². The average Bonchev–Trinajstić information content (AvgIpc) is 2.51. The van der Waals surface area contributed by atoms with Gasteiger partial charge in [-0.05, 0) is 57.6 Å². The smallest absolute Gasteiger partial charge is 0.0593 e. The van der Waals surface area contributed by atoms with Gasteiger partial charge >= 0.3 is 0 Å². The van der Waals surface area contributed by atoms with E-state index in [9.17, 15) is 0 Å². The Labute approximate surface area is 136 Å². The minimum Gasteiger partial charge on any atom is -0.266 e. The molecule has 122 valence electrons. The lowest BCUT2D eigenvalue weighted by Crippen LogP contribution is -2.21. The Kier molecular flexibility index (Phi) is 8.57. The summed E-state index contributed by atoms with van der Waals surface area (Å²) in [4.78, 5) is 0. The maximum absolute atomic E-state index is 4.78. The number of benzene rings is 1. The van der Waals surface area contributed by atoms with Gasteiger partial charge in [0.15, 0.2) is 0 Å². The molecule has 22 heavy (non-hydrogen) atoms. The lowest BCUT2D eigenvalue weighted by Gasteiger charge is -2.22. The quantitative estimate of drug-likeness (QED) is 0.292. The van der Waals surface area contributed by atoms with Gasteiger partial charge in [-0.25, -0.2) is 0 Å². The number of rotatable bonds is 10. The molecule has 0 bridgehead atoms. The third kappa shape index (κ3) is 7.44. The van der Waals surface area contributed by atoms with Crippen molar-refractivity contribution >= 4 is 11.4 Å². The summed E-state index contributed by atoms with van der Waals surface area (Å²) in [6.45, 7) is 13.7. The molecule has 0 aliphatic carbocycles. The van der Waals surface area contributed by atoms with Gasteiger partial charge in [0.25, 0.3) is 0 Å². The molecule has 0 aliphatic heterocycles. The maximum atomic E-state index is 4.78. The van der Waals surface area contributed by atoms with Gasteiger partial charge in [0.05, 0.1) is 5.69 Å². The third-order valence-corrected chi connectivity index (χ3v) is 3.99. The number of anilines is 1. The molecule has 0 fully saturated rings. The standard InChI is InChI=1S/C20H32N2/c1-6-19(5)21-22(20-13-8-7-9-14-20)16-15-18(4)12-10-11-17(2)3/h7-9,13-14,18H,2,6,10-12,15-16H2,1,3-5H3/t18-/m0/s1. The van der Waals surface area contributed by atoms with Crippen molar-refractivity contribution in [1.29, 1.82) is 0 Å². The van der Waals surface area contributed by atoms with Crippen molar-refractivity contribution in [2.75, 3.05) is 11.6 Å². The van der Waals surface area contributed by atoms with E-state index in [4.69, 9.17) is 5.10 Å². The van der Waals surface area contributed by atoms with Crippen molar-refractivity contribution in [3.63, 3.8) is 0 Å². The summed E-state index contributed by atoms with van der Waals surface area (Å²) in [6, 6.07) is 10.5. The Morgan fingerprint density at radius 1 is 1.18 bits per heavy atom. The second kappa shape index (κ2) is 10.2.